The minimum absolute atomic E-state index is 0.0417. The molecule has 0 radical (unpaired) electrons. The second kappa shape index (κ2) is 8.80. The number of sulfonamides is 1. The van der Waals surface area contributed by atoms with Gasteiger partial charge in [0.15, 0.2) is 5.76 Å². The summed E-state index contributed by atoms with van der Waals surface area (Å²) in [5.74, 6) is -0.981. The molecular weight excluding hydrogens is 460 g/mol. The molecule has 0 spiro atoms. The highest BCUT2D eigenvalue weighted by molar-refractivity contribution is 7.89. The number of nitrogens with zero attached hydrogens (tertiary/aromatic N) is 1. The molecule has 3 aromatic carbocycles. The highest BCUT2D eigenvalue weighted by Crippen LogP contribution is 2.33. The van der Waals surface area contributed by atoms with Gasteiger partial charge in [-0.3, -0.25) is 0 Å². The number of halogens is 4. The molecule has 33 heavy (non-hydrogen) atoms. The number of oxazole rings is 1. The predicted molar refractivity (Wildman–Crippen MR) is 113 cm³/mol. The molecule has 0 bridgehead atoms. The van der Waals surface area contributed by atoms with Crippen molar-refractivity contribution >= 4 is 10.0 Å². The second-order valence-corrected chi connectivity index (χ2v) is 8.70. The summed E-state index contributed by atoms with van der Waals surface area (Å²) < 4.78 is 87.0. The van der Waals surface area contributed by atoms with Crippen molar-refractivity contribution in [3.8, 4) is 22.8 Å². The Hall–Kier alpha value is -3.50. The molecule has 10 heteroatoms. The van der Waals surface area contributed by atoms with E-state index in [1.54, 1.807) is 60.7 Å². The van der Waals surface area contributed by atoms with Crippen LogP contribution in [-0.2, 0) is 22.7 Å². The molecule has 1 heterocycles. The van der Waals surface area contributed by atoms with Crippen molar-refractivity contribution in [1.82, 2.24) is 9.71 Å². The van der Waals surface area contributed by atoms with Crippen LogP contribution in [0, 0.1) is 5.82 Å². The zero-order valence-electron chi connectivity index (χ0n) is 16.8. The first-order chi connectivity index (χ1) is 15.6. The van der Waals surface area contributed by atoms with Crippen LogP contribution in [0.4, 0.5) is 17.6 Å². The van der Waals surface area contributed by atoms with Gasteiger partial charge in [0.05, 0.1) is 5.56 Å². The van der Waals surface area contributed by atoms with Crippen LogP contribution in [0.25, 0.3) is 22.8 Å². The van der Waals surface area contributed by atoms with E-state index in [-0.39, 0.29) is 11.7 Å². The lowest BCUT2D eigenvalue weighted by molar-refractivity contribution is -0.137. The lowest BCUT2D eigenvalue weighted by Gasteiger charge is -2.11. The number of hydrogen-bond donors (Lipinski definition) is 1. The molecule has 0 aliphatic heterocycles. The van der Waals surface area contributed by atoms with Crippen molar-refractivity contribution in [2.45, 2.75) is 17.7 Å². The van der Waals surface area contributed by atoms with E-state index < -0.39 is 44.7 Å². The standard InChI is InChI=1S/C23H16F4N2O3S/c24-19-12-11-18(23(25,26)27)13-17(19)14-28-33(30,31)22-20(15-7-3-1-4-8-15)32-21(29-22)16-9-5-2-6-10-16/h1-13,28H,14H2. The Morgan fingerprint density at radius 1 is 0.879 bits per heavy atom. The molecule has 4 aromatic rings. The summed E-state index contributed by atoms with van der Waals surface area (Å²) in [5.41, 5.74) is -0.588. The van der Waals surface area contributed by atoms with Gasteiger partial charge in [-0.1, -0.05) is 48.5 Å². The summed E-state index contributed by atoms with van der Waals surface area (Å²) in [7, 11) is -4.39. The normalized spacial score (nSPS) is 12.1. The first kappa shape index (κ1) is 22.7. The number of rotatable bonds is 6. The van der Waals surface area contributed by atoms with Gasteiger partial charge >= 0.3 is 6.18 Å². The van der Waals surface area contributed by atoms with Crippen molar-refractivity contribution in [2.75, 3.05) is 0 Å². The Balaban J connectivity index is 1.71. The average Bonchev–Trinajstić information content (AvgIpc) is 3.26. The molecule has 5 nitrogen and oxygen atoms in total. The molecule has 0 saturated carbocycles. The van der Waals surface area contributed by atoms with Gasteiger partial charge in [0.2, 0.25) is 10.9 Å². The maximum absolute atomic E-state index is 14.1. The molecule has 0 atom stereocenters. The van der Waals surface area contributed by atoms with E-state index in [4.69, 9.17) is 4.42 Å². The van der Waals surface area contributed by atoms with Crippen LogP contribution in [0.2, 0.25) is 0 Å². The molecule has 0 amide bonds. The summed E-state index contributed by atoms with van der Waals surface area (Å²) in [4.78, 5) is 4.13. The van der Waals surface area contributed by atoms with Crippen LogP contribution >= 0.6 is 0 Å². The summed E-state index contributed by atoms with van der Waals surface area (Å²) in [6.45, 7) is -0.708. The molecule has 0 aliphatic rings. The van der Waals surface area contributed by atoms with Gasteiger partial charge in [-0.05, 0) is 30.3 Å². The minimum Gasteiger partial charge on any atom is -0.435 e. The Morgan fingerprint density at radius 2 is 1.48 bits per heavy atom. The van der Waals surface area contributed by atoms with Gasteiger partial charge < -0.3 is 4.42 Å². The quantitative estimate of drug-likeness (QED) is 0.366. The molecule has 170 valence electrons. The fourth-order valence-corrected chi connectivity index (χ4v) is 4.18. The molecule has 1 N–H and O–H groups in total. The molecule has 1 aromatic heterocycles. The van der Waals surface area contributed by atoms with Crippen molar-refractivity contribution in [1.29, 1.82) is 0 Å². The number of nitrogens with one attached hydrogen (secondary N) is 1. The average molecular weight is 476 g/mol. The van der Waals surface area contributed by atoms with E-state index in [2.05, 4.69) is 9.71 Å². The first-order valence-electron chi connectivity index (χ1n) is 9.62. The monoisotopic (exact) mass is 476 g/mol. The third-order valence-corrected chi connectivity index (χ3v) is 6.04. The fraction of sp³-hybridized carbons (Fsp3) is 0.0870. The topological polar surface area (TPSA) is 72.2 Å². The zero-order chi connectivity index (χ0) is 23.6. The number of hydrogen-bond acceptors (Lipinski definition) is 4. The highest BCUT2D eigenvalue weighted by atomic mass is 32.2. The van der Waals surface area contributed by atoms with E-state index in [1.165, 1.54) is 0 Å². The van der Waals surface area contributed by atoms with Crippen LogP contribution in [0.3, 0.4) is 0 Å². The Morgan fingerprint density at radius 3 is 2.09 bits per heavy atom. The van der Waals surface area contributed by atoms with Crippen molar-refractivity contribution < 1.29 is 30.4 Å². The van der Waals surface area contributed by atoms with Gasteiger partial charge in [0.1, 0.15) is 5.82 Å². The van der Waals surface area contributed by atoms with Crippen LogP contribution in [0.15, 0.2) is 88.3 Å². The van der Waals surface area contributed by atoms with Crippen LogP contribution in [-0.4, -0.2) is 13.4 Å². The van der Waals surface area contributed by atoms with Crippen molar-refractivity contribution in [3.63, 3.8) is 0 Å². The van der Waals surface area contributed by atoms with Crippen molar-refractivity contribution in [2.24, 2.45) is 0 Å². The van der Waals surface area contributed by atoms with Gasteiger partial charge in [-0.25, -0.2) is 17.5 Å². The van der Waals surface area contributed by atoms with E-state index in [0.717, 1.165) is 0 Å². The van der Waals surface area contributed by atoms with Crippen LogP contribution < -0.4 is 4.72 Å². The number of benzene rings is 3. The van der Waals surface area contributed by atoms with Gasteiger partial charge in [-0.2, -0.15) is 18.2 Å². The van der Waals surface area contributed by atoms with Gasteiger partial charge in [0.25, 0.3) is 10.0 Å². The number of alkyl halides is 3. The Bertz CT molecular complexity index is 1370. The summed E-state index contributed by atoms with van der Waals surface area (Å²) >= 11 is 0. The summed E-state index contributed by atoms with van der Waals surface area (Å²) in [5, 5.41) is -0.458. The second-order valence-electron chi connectivity index (χ2n) is 7.01. The van der Waals surface area contributed by atoms with Gasteiger partial charge in [-0.15, -0.1) is 0 Å². The maximum atomic E-state index is 14.1. The summed E-state index contributed by atoms with van der Waals surface area (Å²) in [6.07, 6.45) is -4.70. The molecule has 4 rings (SSSR count). The Labute approximate surface area is 186 Å². The Kier molecular flexibility index (Phi) is 6.05. The highest BCUT2D eigenvalue weighted by Gasteiger charge is 2.32. The maximum Gasteiger partial charge on any atom is 0.416 e. The zero-order valence-corrected chi connectivity index (χ0v) is 17.6. The molecule has 0 aliphatic carbocycles. The largest absolute Gasteiger partial charge is 0.435 e. The fourth-order valence-electron chi connectivity index (χ4n) is 3.09. The smallest absolute Gasteiger partial charge is 0.416 e. The lowest BCUT2D eigenvalue weighted by atomic mass is 10.1. The SMILES string of the molecule is O=S(=O)(NCc1cc(C(F)(F)F)ccc1F)c1nc(-c2ccccc2)oc1-c1ccccc1. The third-order valence-electron chi connectivity index (χ3n) is 4.73. The lowest BCUT2D eigenvalue weighted by Crippen LogP contribution is -2.25. The molecule has 0 fully saturated rings. The van der Waals surface area contributed by atoms with Crippen LogP contribution in [0.1, 0.15) is 11.1 Å². The van der Waals surface area contributed by atoms with E-state index >= 15 is 0 Å². The first-order valence-corrected chi connectivity index (χ1v) is 11.1. The summed E-state index contributed by atoms with van der Waals surface area (Å²) in [6, 6.07) is 18.7. The molecule has 0 unspecified atom stereocenters. The van der Waals surface area contributed by atoms with Crippen molar-refractivity contribution in [3.05, 3.63) is 95.8 Å². The minimum atomic E-state index is -4.70. The van der Waals surface area contributed by atoms with Crippen LogP contribution in [0.5, 0.6) is 0 Å². The van der Waals surface area contributed by atoms with E-state index in [1.807, 2.05) is 0 Å². The molecular formula is C23H16F4N2O3S. The third kappa shape index (κ3) is 4.96. The van der Waals surface area contributed by atoms with E-state index in [9.17, 15) is 26.0 Å². The van der Waals surface area contributed by atoms with E-state index in [0.29, 0.717) is 29.3 Å². The number of aromatic nitrogens is 1. The molecule has 0 saturated heterocycles. The predicted octanol–water partition coefficient (Wildman–Crippen LogP) is 5.65. The van der Waals surface area contributed by atoms with Gasteiger partial charge in [0, 0.05) is 23.2 Å².